The van der Waals surface area contributed by atoms with Gasteiger partial charge in [-0.2, -0.15) is 5.26 Å². The van der Waals surface area contributed by atoms with Gasteiger partial charge in [0.15, 0.2) is 0 Å². The van der Waals surface area contributed by atoms with Crippen molar-refractivity contribution in [3.8, 4) is 6.07 Å². The second kappa shape index (κ2) is 4.39. The lowest BCUT2D eigenvalue weighted by atomic mass is 10.2. The zero-order valence-corrected chi connectivity index (χ0v) is 6.78. The standard InChI is InChI=1S/C6H13N5/c1-5(3-4-7)11(2)6(8)10-9/h5H,3,9H2,1-2H3,(H2,8,10). The van der Waals surface area contributed by atoms with E-state index in [9.17, 15) is 0 Å². The molecule has 0 aliphatic heterocycles. The van der Waals surface area contributed by atoms with E-state index in [4.69, 9.17) is 16.8 Å². The lowest BCUT2D eigenvalue weighted by Crippen LogP contribution is -2.40. The second-order valence-electron chi connectivity index (χ2n) is 2.31. The topological polar surface area (TPSA) is 91.4 Å². The molecule has 0 saturated carbocycles. The Hall–Kier alpha value is -1.44. The van der Waals surface area contributed by atoms with Gasteiger partial charge < -0.3 is 16.5 Å². The maximum atomic E-state index is 8.35. The van der Waals surface area contributed by atoms with Gasteiger partial charge in [-0.15, -0.1) is 5.10 Å². The molecule has 4 N–H and O–H groups in total. The molecule has 5 nitrogen and oxygen atoms in total. The quantitative estimate of drug-likeness (QED) is 0.241. The van der Waals surface area contributed by atoms with Crippen molar-refractivity contribution in [2.24, 2.45) is 16.7 Å². The van der Waals surface area contributed by atoms with E-state index in [-0.39, 0.29) is 12.0 Å². The van der Waals surface area contributed by atoms with Crippen LogP contribution in [0.5, 0.6) is 0 Å². The Balaban J connectivity index is 4.04. The van der Waals surface area contributed by atoms with Crippen LogP contribution < -0.4 is 11.6 Å². The third-order valence-electron chi connectivity index (χ3n) is 1.54. The Morgan fingerprint density at radius 3 is 2.73 bits per heavy atom. The molecule has 62 valence electrons. The van der Waals surface area contributed by atoms with E-state index in [0.29, 0.717) is 6.42 Å². The summed E-state index contributed by atoms with van der Waals surface area (Å²) in [5.41, 5.74) is 5.39. The molecule has 0 bridgehead atoms. The highest BCUT2D eigenvalue weighted by Gasteiger charge is 2.09. The Morgan fingerprint density at radius 1 is 1.82 bits per heavy atom. The van der Waals surface area contributed by atoms with Crippen LogP contribution in [0.1, 0.15) is 13.3 Å². The van der Waals surface area contributed by atoms with Crippen LogP contribution in [0, 0.1) is 11.3 Å². The van der Waals surface area contributed by atoms with Crippen LogP contribution in [-0.4, -0.2) is 23.9 Å². The zero-order valence-electron chi connectivity index (χ0n) is 6.78. The van der Waals surface area contributed by atoms with Crippen molar-refractivity contribution >= 4 is 5.96 Å². The van der Waals surface area contributed by atoms with Gasteiger partial charge in [-0.05, 0) is 6.92 Å². The number of nitriles is 1. The molecule has 0 aromatic carbocycles. The van der Waals surface area contributed by atoms with Crippen LogP contribution in [0.3, 0.4) is 0 Å². The lowest BCUT2D eigenvalue weighted by molar-refractivity contribution is 0.390. The van der Waals surface area contributed by atoms with Crippen molar-refractivity contribution < 1.29 is 0 Å². The van der Waals surface area contributed by atoms with Crippen molar-refractivity contribution in [1.29, 1.82) is 5.26 Å². The number of guanidine groups is 1. The first-order valence-electron chi connectivity index (χ1n) is 3.26. The van der Waals surface area contributed by atoms with E-state index < -0.39 is 0 Å². The summed E-state index contributed by atoms with van der Waals surface area (Å²) in [6, 6.07) is 2.08. The Morgan fingerprint density at radius 2 is 2.36 bits per heavy atom. The van der Waals surface area contributed by atoms with Crippen LogP contribution in [0.2, 0.25) is 0 Å². The van der Waals surface area contributed by atoms with E-state index in [1.807, 2.05) is 13.0 Å². The van der Waals surface area contributed by atoms with Gasteiger partial charge in [0.25, 0.3) is 0 Å². The van der Waals surface area contributed by atoms with Gasteiger partial charge in [0.2, 0.25) is 5.96 Å². The van der Waals surface area contributed by atoms with E-state index in [0.717, 1.165) is 0 Å². The van der Waals surface area contributed by atoms with Crippen LogP contribution >= 0.6 is 0 Å². The molecule has 0 amide bonds. The molecule has 0 aromatic heterocycles. The third kappa shape index (κ3) is 2.76. The average molecular weight is 155 g/mol. The first-order valence-corrected chi connectivity index (χ1v) is 3.26. The number of hydrazone groups is 1. The van der Waals surface area contributed by atoms with E-state index in [2.05, 4.69) is 5.10 Å². The van der Waals surface area contributed by atoms with Crippen molar-refractivity contribution in [3.63, 3.8) is 0 Å². The monoisotopic (exact) mass is 155 g/mol. The minimum Gasteiger partial charge on any atom is -0.368 e. The number of rotatable bonds is 2. The van der Waals surface area contributed by atoms with Gasteiger partial charge in [0.1, 0.15) is 0 Å². The summed E-state index contributed by atoms with van der Waals surface area (Å²) in [5.74, 6) is 5.19. The number of nitrogens with zero attached hydrogens (tertiary/aromatic N) is 3. The normalized spacial score (nSPS) is 13.7. The van der Waals surface area contributed by atoms with Gasteiger partial charge >= 0.3 is 0 Å². The summed E-state index contributed by atoms with van der Waals surface area (Å²) in [6.07, 6.45) is 0.409. The first kappa shape index (κ1) is 9.56. The molecule has 11 heavy (non-hydrogen) atoms. The highest BCUT2D eigenvalue weighted by atomic mass is 15.3. The van der Waals surface area contributed by atoms with Gasteiger partial charge in [0, 0.05) is 13.1 Å². The molecule has 1 atom stereocenters. The molecular formula is C6H13N5. The summed E-state index contributed by atoms with van der Waals surface area (Å²) in [6.45, 7) is 1.88. The average Bonchev–Trinajstić information content (AvgIpc) is 2.02. The summed E-state index contributed by atoms with van der Waals surface area (Å²) < 4.78 is 0. The Kier molecular flexibility index (Phi) is 3.81. The highest BCUT2D eigenvalue weighted by molar-refractivity contribution is 5.77. The van der Waals surface area contributed by atoms with Gasteiger partial charge in [-0.1, -0.05) is 0 Å². The minimum atomic E-state index is 0.0484. The summed E-state index contributed by atoms with van der Waals surface area (Å²) in [7, 11) is 1.74. The van der Waals surface area contributed by atoms with E-state index in [1.165, 1.54) is 0 Å². The predicted molar refractivity (Wildman–Crippen MR) is 43.3 cm³/mol. The molecule has 0 saturated heterocycles. The molecule has 0 aliphatic carbocycles. The SMILES string of the molecule is CC(CC#N)N(C)C(N)=NN. The minimum absolute atomic E-state index is 0.0484. The fourth-order valence-corrected chi connectivity index (χ4v) is 0.586. The summed E-state index contributed by atoms with van der Waals surface area (Å²) in [4.78, 5) is 1.66. The molecule has 0 rings (SSSR count). The van der Waals surface area contributed by atoms with Crippen molar-refractivity contribution in [3.05, 3.63) is 0 Å². The molecule has 0 fully saturated rings. The number of hydrogen-bond acceptors (Lipinski definition) is 3. The van der Waals surface area contributed by atoms with E-state index in [1.54, 1.807) is 11.9 Å². The van der Waals surface area contributed by atoms with Gasteiger partial charge in [-0.3, -0.25) is 0 Å². The summed E-state index contributed by atoms with van der Waals surface area (Å²) in [5, 5.41) is 11.7. The molecular weight excluding hydrogens is 142 g/mol. The number of nitrogens with two attached hydrogens (primary N) is 2. The molecule has 5 heteroatoms. The lowest BCUT2D eigenvalue weighted by Gasteiger charge is -2.22. The van der Waals surface area contributed by atoms with E-state index >= 15 is 0 Å². The van der Waals surface area contributed by atoms with Crippen LogP contribution in [0.4, 0.5) is 0 Å². The van der Waals surface area contributed by atoms with Crippen LogP contribution in [-0.2, 0) is 0 Å². The molecule has 0 aromatic rings. The predicted octanol–water partition coefficient (Wildman–Crippen LogP) is -0.591. The third-order valence-corrected chi connectivity index (χ3v) is 1.54. The van der Waals surface area contributed by atoms with Crippen molar-refractivity contribution in [2.45, 2.75) is 19.4 Å². The Bertz CT molecular complexity index is 180. The fraction of sp³-hybridized carbons (Fsp3) is 0.667. The van der Waals surface area contributed by atoms with Crippen LogP contribution in [0.15, 0.2) is 5.10 Å². The highest BCUT2D eigenvalue weighted by Crippen LogP contribution is 1.97. The van der Waals surface area contributed by atoms with Gasteiger partial charge in [-0.25, -0.2) is 0 Å². The molecule has 0 radical (unpaired) electrons. The molecule has 0 spiro atoms. The fourth-order valence-electron chi connectivity index (χ4n) is 0.586. The van der Waals surface area contributed by atoms with Crippen LogP contribution in [0.25, 0.3) is 0 Å². The summed E-state index contributed by atoms with van der Waals surface area (Å²) >= 11 is 0. The molecule has 0 heterocycles. The maximum Gasteiger partial charge on any atom is 0.213 e. The van der Waals surface area contributed by atoms with Crippen molar-refractivity contribution in [2.75, 3.05) is 7.05 Å². The Labute approximate surface area is 66.3 Å². The molecule has 1 unspecified atom stereocenters. The molecule has 0 aliphatic rings. The van der Waals surface area contributed by atoms with Crippen molar-refractivity contribution in [1.82, 2.24) is 4.90 Å². The zero-order chi connectivity index (χ0) is 8.85. The number of hydrogen-bond donors (Lipinski definition) is 2. The second-order valence-corrected chi connectivity index (χ2v) is 2.31. The maximum absolute atomic E-state index is 8.35. The smallest absolute Gasteiger partial charge is 0.213 e. The largest absolute Gasteiger partial charge is 0.368 e. The van der Waals surface area contributed by atoms with Gasteiger partial charge in [0.05, 0.1) is 12.5 Å². The first-order chi connectivity index (χ1) is 5.13.